The van der Waals surface area contributed by atoms with Gasteiger partial charge in [0.25, 0.3) is 0 Å². The van der Waals surface area contributed by atoms with Crippen LogP contribution < -0.4 is 0 Å². The number of rotatable bonds is 4. The molecule has 4 heteroatoms. The summed E-state index contributed by atoms with van der Waals surface area (Å²) < 4.78 is 13.0. The predicted molar refractivity (Wildman–Crippen MR) is 74.3 cm³/mol. The smallest absolute Gasteiger partial charge is 0.123 e. The zero-order chi connectivity index (χ0) is 13.0. The van der Waals surface area contributed by atoms with Gasteiger partial charge in [-0.15, -0.1) is 0 Å². The highest BCUT2D eigenvalue weighted by molar-refractivity contribution is 7.99. The highest BCUT2D eigenvalue weighted by Crippen LogP contribution is 2.21. The molecule has 1 heterocycles. The minimum atomic E-state index is -0.564. The van der Waals surface area contributed by atoms with Gasteiger partial charge in [-0.25, -0.2) is 4.39 Å². The number of halogens is 1. The fourth-order valence-electron chi connectivity index (χ4n) is 2.28. The summed E-state index contributed by atoms with van der Waals surface area (Å²) in [6.07, 6.45) is 0.103. The molecule has 1 N–H and O–H groups in total. The second-order valence-electron chi connectivity index (χ2n) is 4.84. The van der Waals surface area contributed by atoms with E-state index in [4.69, 9.17) is 0 Å². The number of hydrogen-bond acceptors (Lipinski definition) is 3. The summed E-state index contributed by atoms with van der Waals surface area (Å²) >= 11 is 2.00. The maximum atomic E-state index is 13.0. The maximum absolute atomic E-state index is 13.0. The number of aliphatic hydroxyl groups is 1. The molecule has 1 aromatic carbocycles. The molecule has 2 rings (SSSR count). The van der Waals surface area contributed by atoms with Gasteiger partial charge in [0.15, 0.2) is 0 Å². The number of nitrogens with zero attached hydrogens (tertiary/aromatic N) is 1. The molecule has 0 saturated carbocycles. The first-order valence-electron chi connectivity index (χ1n) is 6.42. The molecule has 2 nitrogen and oxygen atoms in total. The monoisotopic (exact) mass is 269 g/mol. The summed E-state index contributed by atoms with van der Waals surface area (Å²) in [5, 5.41) is 10.7. The summed E-state index contributed by atoms with van der Waals surface area (Å²) in [5.41, 5.74) is 0.675. The number of benzene rings is 1. The predicted octanol–water partition coefficient (Wildman–Crippen LogP) is 2.69. The van der Waals surface area contributed by atoms with Gasteiger partial charge in [0, 0.05) is 30.6 Å². The van der Waals surface area contributed by atoms with Gasteiger partial charge in [-0.1, -0.05) is 19.1 Å². The van der Waals surface area contributed by atoms with Crippen LogP contribution in [0.3, 0.4) is 0 Å². The van der Waals surface area contributed by atoms with Crippen LogP contribution in [-0.2, 0) is 0 Å². The Bertz CT molecular complexity index is 388. The van der Waals surface area contributed by atoms with Crippen molar-refractivity contribution < 1.29 is 9.50 Å². The van der Waals surface area contributed by atoms with Crippen LogP contribution in [0, 0.1) is 5.82 Å². The van der Waals surface area contributed by atoms with E-state index in [1.165, 1.54) is 12.1 Å². The first-order valence-corrected chi connectivity index (χ1v) is 7.47. The third-order valence-corrected chi connectivity index (χ3v) is 4.41. The topological polar surface area (TPSA) is 23.5 Å². The zero-order valence-electron chi connectivity index (χ0n) is 10.7. The van der Waals surface area contributed by atoms with Crippen molar-refractivity contribution in [1.29, 1.82) is 0 Å². The molecule has 0 radical (unpaired) electrons. The normalized spacial score (nSPS) is 22.9. The first kappa shape index (κ1) is 13.8. The summed E-state index contributed by atoms with van der Waals surface area (Å²) in [5.74, 6) is 0.881. The molecular formula is C14H20FNOS. The Morgan fingerprint density at radius 1 is 1.56 bits per heavy atom. The fourth-order valence-corrected chi connectivity index (χ4v) is 3.36. The molecule has 0 aromatic heterocycles. The van der Waals surface area contributed by atoms with Crippen molar-refractivity contribution in [3.8, 4) is 0 Å². The van der Waals surface area contributed by atoms with Crippen LogP contribution in [0.25, 0.3) is 0 Å². The van der Waals surface area contributed by atoms with E-state index >= 15 is 0 Å². The molecule has 1 aromatic rings. The molecule has 2 atom stereocenters. The van der Waals surface area contributed by atoms with Gasteiger partial charge in [0.2, 0.25) is 0 Å². The average molecular weight is 269 g/mol. The van der Waals surface area contributed by atoms with Crippen molar-refractivity contribution in [2.45, 2.75) is 24.7 Å². The highest BCUT2D eigenvalue weighted by atomic mass is 32.2. The van der Waals surface area contributed by atoms with E-state index in [0.717, 1.165) is 25.4 Å². The van der Waals surface area contributed by atoms with E-state index in [2.05, 4.69) is 11.8 Å². The third-order valence-electron chi connectivity index (χ3n) is 3.28. The molecule has 1 aliphatic rings. The van der Waals surface area contributed by atoms with E-state index < -0.39 is 6.10 Å². The number of thioether (sulfide) groups is 1. The Kier molecular flexibility index (Phi) is 5.03. The molecule has 1 saturated heterocycles. The number of hydrogen-bond donors (Lipinski definition) is 1. The zero-order valence-corrected chi connectivity index (χ0v) is 11.5. The molecule has 0 spiro atoms. The van der Waals surface area contributed by atoms with Crippen molar-refractivity contribution >= 4 is 11.8 Å². The lowest BCUT2D eigenvalue weighted by atomic mass is 10.1. The van der Waals surface area contributed by atoms with Crippen LogP contribution in [0.15, 0.2) is 24.3 Å². The molecule has 1 fully saturated rings. The molecule has 100 valence electrons. The molecular weight excluding hydrogens is 249 g/mol. The molecule has 2 unspecified atom stereocenters. The van der Waals surface area contributed by atoms with Gasteiger partial charge >= 0.3 is 0 Å². The second-order valence-corrected chi connectivity index (χ2v) is 6.39. The summed E-state index contributed by atoms with van der Waals surface area (Å²) in [6.45, 7) is 5.29. The molecule has 18 heavy (non-hydrogen) atoms. The van der Waals surface area contributed by atoms with Crippen molar-refractivity contribution in [2.75, 3.05) is 25.4 Å². The summed E-state index contributed by atoms with van der Waals surface area (Å²) in [4.78, 5) is 2.38. The van der Waals surface area contributed by atoms with Gasteiger partial charge in [0.1, 0.15) is 5.82 Å². The summed E-state index contributed by atoms with van der Waals surface area (Å²) in [7, 11) is 0. The standard InChI is InChI=1S/C14H20FNOS/c1-11-10-16(7-8-18-11)6-5-14(17)12-3-2-4-13(15)9-12/h2-4,9,11,14,17H,5-8,10H2,1H3. The third kappa shape index (κ3) is 3.97. The van der Waals surface area contributed by atoms with Crippen molar-refractivity contribution in [2.24, 2.45) is 0 Å². The van der Waals surface area contributed by atoms with E-state index in [0.29, 0.717) is 17.2 Å². The Morgan fingerprint density at radius 3 is 3.11 bits per heavy atom. The van der Waals surface area contributed by atoms with Crippen molar-refractivity contribution in [3.63, 3.8) is 0 Å². The quantitative estimate of drug-likeness (QED) is 0.909. The lowest BCUT2D eigenvalue weighted by Gasteiger charge is -2.31. The van der Waals surface area contributed by atoms with Gasteiger partial charge in [-0.05, 0) is 24.1 Å². The Balaban J connectivity index is 1.82. The van der Waals surface area contributed by atoms with Gasteiger partial charge in [-0.2, -0.15) is 11.8 Å². The van der Waals surface area contributed by atoms with Crippen LogP contribution >= 0.6 is 11.8 Å². The van der Waals surface area contributed by atoms with Gasteiger partial charge in [-0.3, -0.25) is 0 Å². The SMILES string of the molecule is CC1CN(CCC(O)c2cccc(F)c2)CCS1. The molecule has 0 amide bonds. The second kappa shape index (κ2) is 6.55. The van der Waals surface area contributed by atoms with E-state index in [1.807, 2.05) is 11.8 Å². The van der Waals surface area contributed by atoms with Crippen LogP contribution in [0.1, 0.15) is 25.0 Å². The molecule has 0 aliphatic carbocycles. The minimum Gasteiger partial charge on any atom is -0.388 e. The lowest BCUT2D eigenvalue weighted by molar-refractivity contribution is 0.143. The van der Waals surface area contributed by atoms with Crippen LogP contribution in [0.2, 0.25) is 0 Å². The van der Waals surface area contributed by atoms with Crippen LogP contribution in [0.4, 0.5) is 4.39 Å². The first-order chi connectivity index (χ1) is 8.65. The highest BCUT2D eigenvalue weighted by Gasteiger charge is 2.17. The van der Waals surface area contributed by atoms with Crippen molar-refractivity contribution in [1.82, 2.24) is 4.90 Å². The van der Waals surface area contributed by atoms with E-state index in [9.17, 15) is 9.50 Å². The molecule has 0 bridgehead atoms. The Labute approximate surface area is 112 Å². The van der Waals surface area contributed by atoms with E-state index in [1.54, 1.807) is 12.1 Å². The van der Waals surface area contributed by atoms with E-state index in [-0.39, 0.29) is 5.82 Å². The largest absolute Gasteiger partial charge is 0.388 e. The van der Waals surface area contributed by atoms with Crippen molar-refractivity contribution in [3.05, 3.63) is 35.6 Å². The fraction of sp³-hybridized carbons (Fsp3) is 0.571. The Hall–Kier alpha value is -0.580. The maximum Gasteiger partial charge on any atom is 0.123 e. The number of aliphatic hydroxyl groups excluding tert-OH is 1. The van der Waals surface area contributed by atoms with Gasteiger partial charge in [0.05, 0.1) is 6.10 Å². The lowest BCUT2D eigenvalue weighted by Crippen LogP contribution is -2.37. The van der Waals surface area contributed by atoms with Crippen LogP contribution in [-0.4, -0.2) is 40.6 Å². The molecule has 1 aliphatic heterocycles. The minimum absolute atomic E-state index is 0.283. The average Bonchev–Trinajstić information content (AvgIpc) is 2.36. The Morgan fingerprint density at radius 2 is 2.39 bits per heavy atom. The summed E-state index contributed by atoms with van der Waals surface area (Å²) in [6, 6.07) is 6.25. The van der Waals surface area contributed by atoms with Gasteiger partial charge < -0.3 is 10.0 Å². The van der Waals surface area contributed by atoms with Crippen LogP contribution in [0.5, 0.6) is 0 Å².